The number of aromatic nitrogens is 3. The molecule has 7 heteroatoms. The molecule has 3 heterocycles. The number of rotatable bonds is 4. The molecule has 7 nitrogen and oxygen atoms in total. The van der Waals surface area contributed by atoms with E-state index >= 15 is 0 Å². The van der Waals surface area contributed by atoms with Crippen LogP contribution in [0.3, 0.4) is 0 Å². The van der Waals surface area contributed by atoms with Crippen LogP contribution in [0.25, 0.3) is 11.3 Å². The van der Waals surface area contributed by atoms with Crippen molar-refractivity contribution in [2.24, 2.45) is 0 Å². The summed E-state index contributed by atoms with van der Waals surface area (Å²) in [7, 11) is 0. The summed E-state index contributed by atoms with van der Waals surface area (Å²) >= 11 is 0. The average molecular weight is 417 g/mol. The van der Waals surface area contributed by atoms with Crippen LogP contribution >= 0.6 is 0 Å². The molecule has 0 spiro atoms. The fourth-order valence-corrected chi connectivity index (χ4v) is 4.39. The third kappa shape index (κ3) is 4.08. The van der Waals surface area contributed by atoms with Crippen molar-refractivity contribution in [3.8, 4) is 11.3 Å². The number of hydrogen-bond acceptors (Lipinski definition) is 4. The van der Waals surface area contributed by atoms with E-state index in [1.807, 2.05) is 56.0 Å². The summed E-state index contributed by atoms with van der Waals surface area (Å²) in [5.41, 5.74) is 6.16. The van der Waals surface area contributed by atoms with Crippen molar-refractivity contribution in [1.29, 1.82) is 10.8 Å². The minimum Gasteiger partial charge on any atom is -0.342 e. The molecule has 0 saturated carbocycles. The minimum absolute atomic E-state index is 0.0597. The number of piperidine rings is 1. The zero-order chi connectivity index (χ0) is 22.1. The van der Waals surface area contributed by atoms with Crippen LogP contribution < -0.4 is 5.49 Å². The maximum Gasteiger partial charge on any atom is 0.253 e. The van der Waals surface area contributed by atoms with Crippen LogP contribution in [0.15, 0.2) is 36.5 Å². The molecular weight excluding hydrogens is 388 g/mol. The average Bonchev–Trinajstić information content (AvgIpc) is 3.11. The summed E-state index contributed by atoms with van der Waals surface area (Å²) in [4.78, 5) is 22.9. The number of aromatic amines is 1. The third-order valence-corrected chi connectivity index (χ3v) is 6.16. The van der Waals surface area contributed by atoms with Gasteiger partial charge in [-0.05, 0) is 74.9 Å². The van der Waals surface area contributed by atoms with E-state index < -0.39 is 0 Å². The van der Waals surface area contributed by atoms with Gasteiger partial charge in [0.25, 0.3) is 5.91 Å². The zero-order valence-electron chi connectivity index (χ0n) is 18.2. The van der Waals surface area contributed by atoms with E-state index in [-0.39, 0.29) is 5.91 Å². The first-order valence-electron chi connectivity index (χ1n) is 10.6. The number of hydrogen-bond donors (Lipinski definition) is 3. The van der Waals surface area contributed by atoms with Gasteiger partial charge >= 0.3 is 0 Å². The molecule has 1 aromatic carbocycles. The molecule has 160 valence electrons. The van der Waals surface area contributed by atoms with Gasteiger partial charge in [0, 0.05) is 30.4 Å². The van der Waals surface area contributed by atoms with E-state index in [1.165, 1.54) is 4.57 Å². The molecule has 0 atom stereocenters. The Labute approximate surface area is 181 Å². The van der Waals surface area contributed by atoms with Gasteiger partial charge in [-0.3, -0.25) is 20.2 Å². The number of carbonyl (C=O) groups is 1. The van der Waals surface area contributed by atoms with Gasteiger partial charge in [-0.1, -0.05) is 6.07 Å². The first-order chi connectivity index (χ1) is 14.9. The number of pyridine rings is 1. The largest absolute Gasteiger partial charge is 0.342 e. The summed E-state index contributed by atoms with van der Waals surface area (Å²) in [6.45, 7) is 7.36. The first kappa shape index (κ1) is 20.8. The van der Waals surface area contributed by atoms with Crippen molar-refractivity contribution in [2.75, 3.05) is 13.1 Å². The van der Waals surface area contributed by atoms with E-state index in [4.69, 9.17) is 10.8 Å². The second-order valence-corrected chi connectivity index (χ2v) is 8.26. The van der Waals surface area contributed by atoms with Crippen molar-refractivity contribution >= 4 is 12.2 Å². The first-order valence-corrected chi connectivity index (χ1v) is 10.6. The molecule has 1 saturated heterocycles. The highest BCUT2D eigenvalue weighted by Gasteiger charge is 2.25. The van der Waals surface area contributed by atoms with Gasteiger partial charge in [0.15, 0.2) is 0 Å². The van der Waals surface area contributed by atoms with Gasteiger partial charge in [-0.15, -0.1) is 0 Å². The lowest BCUT2D eigenvalue weighted by molar-refractivity contribution is 0.0713. The summed E-state index contributed by atoms with van der Waals surface area (Å²) in [5, 5.41) is 15.3. The SMILES string of the molecule is Cc1nc(C)c(-c2cc(C(=O)N3CCC(c4ccn(C=N)c(=N)c4)CC3)ccc2C)[nH]1. The Morgan fingerprint density at radius 1 is 1.16 bits per heavy atom. The van der Waals surface area contributed by atoms with E-state index in [2.05, 4.69) is 9.97 Å². The topological polar surface area (TPSA) is 102 Å². The molecule has 0 radical (unpaired) electrons. The van der Waals surface area contributed by atoms with Crippen molar-refractivity contribution in [2.45, 2.75) is 39.5 Å². The molecule has 1 aliphatic heterocycles. The summed E-state index contributed by atoms with van der Waals surface area (Å²) in [6, 6.07) is 9.69. The number of nitrogens with one attached hydrogen (secondary N) is 3. The Bertz CT molecular complexity index is 1200. The molecule has 0 unspecified atom stereocenters. The number of carbonyl (C=O) groups excluding carboxylic acids is 1. The molecule has 0 aliphatic carbocycles. The van der Waals surface area contributed by atoms with Gasteiger partial charge in [-0.2, -0.15) is 0 Å². The fraction of sp³-hybridized carbons (Fsp3) is 0.333. The highest BCUT2D eigenvalue weighted by molar-refractivity contribution is 5.95. The Morgan fingerprint density at radius 3 is 2.52 bits per heavy atom. The molecule has 31 heavy (non-hydrogen) atoms. The molecule has 3 aromatic rings. The quantitative estimate of drug-likeness (QED) is 0.445. The Balaban J connectivity index is 1.49. The molecule has 1 amide bonds. The normalized spacial score (nSPS) is 14.6. The van der Waals surface area contributed by atoms with Gasteiger partial charge in [0.05, 0.1) is 17.7 Å². The predicted octanol–water partition coefficient (Wildman–Crippen LogP) is 3.76. The van der Waals surface area contributed by atoms with E-state index in [0.717, 1.165) is 53.1 Å². The molecule has 2 aromatic heterocycles. The van der Waals surface area contributed by atoms with Gasteiger partial charge in [0.2, 0.25) is 0 Å². The molecule has 1 aliphatic rings. The fourth-order valence-electron chi connectivity index (χ4n) is 4.39. The number of amides is 1. The number of likely N-dealkylation sites (tertiary alicyclic amines) is 1. The summed E-state index contributed by atoms with van der Waals surface area (Å²) in [6.07, 6.45) is 4.64. The second-order valence-electron chi connectivity index (χ2n) is 8.26. The summed E-state index contributed by atoms with van der Waals surface area (Å²) < 4.78 is 1.47. The standard InChI is InChI=1S/C24H28N6O/c1-15-4-5-20(12-21(15)23-16(2)27-17(3)28-23)24(31)29-9-6-18(7-10-29)19-8-11-30(14-25)22(26)13-19/h4-5,8,11-14,18,25-26H,6-7,9-10H2,1-3H3,(H,27,28). The number of benzene rings is 1. The number of H-pyrrole nitrogens is 1. The van der Waals surface area contributed by atoms with Gasteiger partial charge in [-0.25, -0.2) is 4.98 Å². The molecule has 3 N–H and O–H groups in total. The molecule has 4 rings (SSSR count). The van der Waals surface area contributed by atoms with Crippen LogP contribution in [0.5, 0.6) is 0 Å². The predicted molar refractivity (Wildman–Crippen MR) is 121 cm³/mol. The van der Waals surface area contributed by atoms with Crippen LogP contribution in [-0.2, 0) is 0 Å². The molecular formula is C24H28N6O. The van der Waals surface area contributed by atoms with Crippen molar-refractivity contribution in [1.82, 2.24) is 19.4 Å². The lowest BCUT2D eigenvalue weighted by atomic mass is 9.89. The monoisotopic (exact) mass is 416 g/mol. The highest BCUT2D eigenvalue weighted by Crippen LogP contribution is 2.30. The number of aryl methyl sites for hydroxylation is 3. The van der Waals surface area contributed by atoms with Crippen LogP contribution in [0.2, 0.25) is 0 Å². The minimum atomic E-state index is 0.0597. The van der Waals surface area contributed by atoms with Gasteiger partial charge < -0.3 is 9.88 Å². The van der Waals surface area contributed by atoms with Gasteiger partial charge in [0.1, 0.15) is 11.3 Å². The maximum atomic E-state index is 13.2. The van der Waals surface area contributed by atoms with Crippen LogP contribution in [0.4, 0.5) is 0 Å². The van der Waals surface area contributed by atoms with E-state index in [9.17, 15) is 4.79 Å². The summed E-state index contributed by atoms with van der Waals surface area (Å²) in [5.74, 6) is 1.26. The third-order valence-electron chi connectivity index (χ3n) is 6.16. The lowest BCUT2D eigenvalue weighted by Gasteiger charge is -2.32. The van der Waals surface area contributed by atoms with Crippen LogP contribution in [0.1, 0.15) is 51.8 Å². The highest BCUT2D eigenvalue weighted by atomic mass is 16.2. The van der Waals surface area contributed by atoms with E-state index in [0.29, 0.717) is 30.1 Å². The van der Waals surface area contributed by atoms with Crippen LogP contribution in [0, 0.1) is 31.6 Å². The van der Waals surface area contributed by atoms with E-state index in [1.54, 1.807) is 6.20 Å². The molecule has 0 bridgehead atoms. The smallest absolute Gasteiger partial charge is 0.253 e. The van der Waals surface area contributed by atoms with Crippen LogP contribution in [-0.4, -0.2) is 44.8 Å². The number of imidazole rings is 1. The Kier molecular flexibility index (Phi) is 5.59. The number of nitrogens with zero attached hydrogens (tertiary/aromatic N) is 3. The lowest BCUT2D eigenvalue weighted by Crippen LogP contribution is -2.38. The maximum absolute atomic E-state index is 13.2. The zero-order valence-corrected chi connectivity index (χ0v) is 18.2. The van der Waals surface area contributed by atoms with Crippen molar-refractivity contribution in [3.63, 3.8) is 0 Å². The molecule has 1 fully saturated rings. The second kappa shape index (κ2) is 8.34. The Hall–Kier alpha value is -3.48. The van der Waals surface area contributed by atoms with Crippen molar-refractivity contribution < 1.29 is 4.79 Å². The van der Waals surface area contributed by atoms with Crippen molar-refractivity contribution in [3.05, 3.63) is 70.2 Å². The Morgan fingerprint density at radius 2 is 1.90 bits per heavy atom.